The van der Waals surface area contributed by atoms with Crippen LogP contribution in [0.2, 0.25) is 0 Å². The van der Waals surface area contributed by atoms with Gasteiger partial charge in [0, 0.05) is 6.04 Å². The Balaban J connectivity index is 1.50. The van der Waals surface area contributed by atoms with Crippen LogP contribution in [0, 0.1) is 11.7 Å². The van der Waals surface area contributed by atoms with Crippen LogP contribution in [0.5, 0.6) is 5.75 Å². The highest BCUT2D eigenvalue weighted by Gasteiger charge is 2.23. The molecule has 1 aliphatic rings. The maximum Gasteiger partial charge on any atom is 0.350 e. The van der Waals surface area contributed by atoms with E-state index in [-0.39, 0.29) is 17.3 Å². The van der Waals surface area contributed by atoms with Gasteiger partial charge in [0.1, 0.15) is 5.82 Å². The van der Waals surface area contributed by atoms with Gasteiger partial charge in [0.05, 0.1) is 12.4 Å². The molecule has 0 amide bonds. The topological polar surface area (TPSA) is 134 Å². The molecule has 1 fully saturated rings. The standard InChI is InChI=1S/C20H25FN4O5S/c1-13(15-8-9-16(21)17(11-15)30-12-14-6-7-14)25-31(28,29)10-4-2-3-5-18-22-19(26)24-20(27)23-18/h3,5,8-9,11,13-14,25H,2,4,6-7,10,12H2,1H3,(H2,22,23,24,26,27)/b5-3+/t13-/m1/s1. The highest BCUT2D eigenvalue weighted by atomic mass is 32.2. The van der Waals surface area contributed by atoms with E-state index < -0.39 is 33.3 Å². The van der Waals surface area contributed by atoms with E-state index in [4.69, 9.17) is 4.74 Å². The lowest BCUT2D eigenvalue weighted by Crippen LogP contribution is -2.29. The highest BCUT2D eigenvalue weighted by molar-refractivity contribution is 7.89. The number of allylic oxidation sites excluding steroid dienone is 1. The van der Waals surface area contributed by atoms with Crippen molar-refractivity contribution in [2.45, 2.75) is 38.6 Å². The first-order valence-corrected chi connectivity index (χ1v) is 11.7. The summed E-state index contributed by atoms with van der Waals surface area (Å²) in [5.41, 5.74) is -0.812. The van der Waals surface area contributed by atoms with Gasteiger partial charge in [0.25, 0.3) is 0 Å². The summed E-state index contributed by atoms with van der Waals surface area (Å²) in [5, 5.41) is 0. The van der Waals surface area contributed by atoms with Crippen LogP contribution in [0.15, 0.2) is 33.9 Å². The molecule has 3 rings (SSSR count). The molecule has 0 unspecified atom stereocenters. The third kappa shape index (κ3) is 7.44. The fraction of sp³-hybridized carbons (Fsp3) is 0.450. The Morgan fingerprint density at radius 2 is 2.10 bits per heavy atom. The van der Waals surface area contributed by atoms with Gasteiger partial charge in [0.15, 0.2) is 11.6 Å². The van der Waals surface area contributed by atoms with E-state index in [0.29, 0.717) is 30.9 Å². The van der Waals surface area contributed by atoms with Gasteiger partial charge in [-0.1, -0.05) is 12.1 Å². The Kier molecular flexibility index (Phi) is 7.39. The second-order valence-electron chi connectivity index (χ2n) is 7.53. The number of rotatable bonds is 11. The van der Waals surface area contributed by atoms with E-state index in [2.05, 4.69) is 14.7 Å². The minimum atomic E-state index is -3.57. The average Bonchev–Trinajstić information content (AvgIpc) is 3.50. The maximum atomic E-state index is 13.9. The predicted molar refractivity (Wildman–Crippen MR) is 114 cm³/mol. The first kappa shape index (κ1) is 22.9. The van der Waals surface area contributed by atoms with Gasteiger partial charge in [0.2, 0.25) is 10.0 Å². The number of hydrogen-bond acceptors (Lipinski definition) is 6. The van der Waals surface area contributed by atoms with Crippen LogP contribution < -0.4 is 20.8 Å². The van der Waals surface area contributed by atoms with E-state index >= 15 is 0 Å². The van der Waals surface area contributed by atoms with Crippen molar-refractivity contribution in [1.29, 1.82) is 0 Å². The summed E-state index contributed by atoms with van der Waals surface area (Å²) in [7, 11) is -3.57. The number of nitrogens with zero attached hydrogens (tertiary/aromatic N) is 1. The van der Waals surface area contributed by atoms with Gasteiger partial charge >= 0.3 is 11.4 Å². The van der Waals surface area contributed by atoms with Crippen LogP contribution in [0.4, 0.5) is 4.39 Å². The van der Waals surface area contributed by atoms with Gasteiger partial charge in [-0.25, -0.2) is 27.1 Å². The fourth-order valence-corrected chi connectivity index (χ4v) is 4.20. The number of ether oxygens (including phenoxy) is 1. The second-order valence-corrected chi connectivity index (χ2v) is 9.40. The number of unbranched alkanes of at least 4 members (excludes halogenated alkanes) is 1. The zero-order valence-electron chi connectivity index (χ0n) is 17.1. The van der Waals surface area contributed by atoms with Crippen molar-refractivity contribution >= 4 is 16.1 Å². The van der Waals surface area contributed by atoms with Crippen molar-refractivity contribution in [3.05, 3.63) is 62.4 Å². The number of hydrogen-bond donors (Lipinski definition) is 3. The van der Waals surface area contributed by atoms with Crippen molar-refractivity contribution in [3.8, 4) is 5.75 Å². The number of H-pyrrole nitrogens is 2. The lowest BCUT2D eigenvalue weighted by atomic mass is 10.1. The molecule has 2 aromatic rings. The van der Waals surface area contributed by atoms with Gasteiger partial charge in [-0.2, -0.15) is 4.98 Å². The number of nitrogens with one attached hydrogen (secondary N) is 3. The van der Waals surface area contributed by atoms with Crippen LogP contribution in [-0.4, -0.2) is 35.7 Å². The maximum absolute atomic E-state index is 13.9. The molecule has 31 heavy (non-hydrogen) atoms. The molecule has 11 heteroatoms. The number of aromatic nitrogens is 3. The summed E-state index contributed by atoms with van der Waals surface area (Å²) in [6.07, 6.45) is 5.98. The largest absolute Gasteiger partial charge is 0.490 e. The molecule has 0 radical (unpaired) electrons. The molecule has 0 aliphatic heterocycles. The molecule has 3 N–H and O–H groups in total. The van der Waals surface area contributed by atoms with Crippen LogP contribution in [-0.2, 0) is 10.0 Å². The minimum Gasteiger partial charge on any atom is -0.490 e. The Morgan fingerprint density at radius 1 is 1.32 bits per heavy atom. The van der Waals surface area contributed by atoms with Crippen molar-refractivity contribution in [2.75, 3.05) is 12.4 Å². The molecule has 1 aliphatic carbocycles. The van der Waals surface area contributed by atoms with Gasteiger partial charge in [-0.05, 0) is 62.3 Å². The molecule has 0 spiro atoms. The molecule has 1 heterocycles. The monoisotopic (exact) mass is 452 g/mol. The van der Waals surface area contributed by atoms with Crippen LogP contribution in [0.25, 0.3) is 6.08 Å². The van der Waals surface area contributed by atoms with Crippen molar-refractivity contribution in [1.82, 2.24) is 19.7 Å². The van der Waals surface area contributed by atoms with Gasteiger partial charge in [-0.3, -0.25) is 9.97 Å². The molecule has 1 atom stereocenters. The third-order valence-corrected chi connectivity index (χ3v) is 6.27. The molecule has 1 aromatic carbocycles. The SMILES string of the molecule is C[C@@H](NS(=O)(=O)CCC/C=C/c1nc(=O)[nH]c(=O)[nH]1)c1ccc(F)c(OCC2CC2)c1. The van der Waals surface area contributed by atoms with E-state index in [9.17, 15) is 22.4 Å². The Labute approximate surface area is 178 Å². The molecular weight excluding hydrogens is 427 g/mol. The molecular formula is C20H25FN4O5S. The van der Waals surface area contributed by atoms with Gasteiger partial charge < -0.3 is 4.74 Å². The van der Waals surface area contributed by atoms with Crippen molar-refractivity contribution in [3.63, 3.8) is 0 Å². The van der Waals surface area contributed by atoms with Crippen molar-refractivity contribution in [2.24, 2.45) is 5.92 Å². The summed E-state index contributed by atoms with van der Waals surface area (Å²) < 4.78 is 46.8. The number of aromatic amines is 2. The highest BCUT2D eigenvalue weighted by Crippen LogP contribution is 2.31. The smallest absolute Gasteiger partial charge is 0.350 e. The number of sulfonamides is 1. The molecule has 9 nitrogen and oxygen atoms in total. The first-order chi connectivity index (χ1) is 14.7. The average molecular weight is 453 g/mol. The van der Waals surface area contributed by atoms with Crippen LogP contribution in [0.1, 0.15) is 50.0 Å². The van der Waals surface area contributed by atoms with Crippen LogP contribution >= 0.6 is 0 Å². The fourth-order valence-electron chi connectivity index (χ4n) is 2.86. The second kappa shape index (κ2) is 10.0. The Bertz CT molecular complexity index is 1130. The molecule has 1 saturated carbocycles. The lowest BCUT2D eigenvalue weighted by molar-refractivity contribution is 0.285. The van der Waals surface area contributed by atoms with E-state index in [1.807, 2.05) is 4.98 Å². The zero-order valence-corrected chi connectivity index (χ0v) is 17.9. The normalized spacial score (nSPS) is 15.3. The van der Waals surface area contributed by atoms with Gasteiger partial charge in [-0.15, -0.1) is 0 Å². The summed E-state index contributed by atoms with van der Waals surface area (Å²) in [6.45, 7) is 2.15. The summed E-state index contributed by atoms with van der Waals surface area (Å²) in [5.74, 6) is 0.119. The molecule has 0 saturated heterocycles. The zero-order chi connectivity index (χ0) is 22.4. The van der Waals surface area contributed by atoms with E-state index in [0.717, 1.165) is 12.8 Å². The number of halogens is 1. The molecule has 0 bridgehead atoms. The summed E-state index contributed by atoms with van der Waals surface area (Å²) >= 11 is 0. The number of benzene rings is 1. The Morgan fingerprint density at radius 3 is 2.81 bits per heavy atom. The Hall–Kier alpha value is -2.79. The molecule has 168 valence electrons. The minimum absolute atomic E-state index is 0.0966. The summed E-state index contributed by atoms with van der Waals surface area (Å²) in [4.78, 5) is 30.2. The predicted octanol–water partition coefficient (Wildman–Crippen LogP) is 1.86. The van der Waals surface area contributed by atoms with E-state index in [1.54, 1.807) is 13.0 Å². The van der Waals surface area contributed by atoms with E-state index in [1.165, 1.54) is 24.3 Å². The van der Waals surface area contributed by atoms with Crippen molar-refractivity contribution < 1.29 is 17.5 Å². The first-order valence-electron chi connectivity index (χ1n) is 10.0. The summed E-state index contributed by atoms with van der Waals surface area (Å²) in [6, 6.07) is 3.79. The lowest BCUT2D eigenvalue weighted by Gasteiger charge is -2.16. The third-order valence-electron chi connectivity index (χ3n) is 4.73. The molecule has 1 aromatic heterocycles. The quantitative estimate of drug-likeness (QED) is 0.446. The van der Waals surface area contributed by atoms with Crippen LogP contribution in [0.3, 0.4) is 0 Å².